The zero-order valence-corrected chi connectivity index (χ0v) is 12.3. The Morgan fingerprint density at radius 1 is 1.45 bits per heavy atom. The molecule has 6 nitrogen and oxygen atoms in total. The van der Waals surface area contributed by atoms with E-state index < -0.39 is 0 Å². The maximum atomic E-state index is 11.9. The number of nitrogens with two attached hydrogens (primary N) is 1. The number of nitrogens with zero attached hydrogens (tertiary/aromatic N) is 2. The molecule has 7 heteroatoms. The van der Waals surface area contributed by atoms with Crippen LogP contribution in [-0.2, 0) is 11.3 Å². The summed E-state index contributed by atoms with van der Waals surface area (Å²) in [6, 6.07) is 6.48. The first-order valence-corrected chi connectivity index (χ1v) is 6.63. The van der Waals surface area contributed by atoms with E-state index in [9.17, 15) is 9.59 Å². The van der Waals surface area contributed by atoms with Gasteiger partial charge in [-0.05, 0) is 46.6 Å². The van der Waals surface area contributed by atoms with Crippen molar-refractivity contribution in [3.63, 3.8) is 0 Å². The number of halogens is 1. The Morgan fingerprint density at radius 2 is 2.20 bits per heavy atom. The average Bonchev–Trinajstić information content (AvgIpc) is 2.36. The summed E-state index contributed by atoms with van der Waals surface area (Å²) in [5, 5.41) is 6.59. The molecule has 0 bridgehead atoms. The van der Waals surface area contributed by atoms with Crippen molar-refractivity contribution in [2.45, 2.75) is 13.5 Å². The summed E-state index contributed by atoms with van der Waals surface area (Å²) in [6.07, 6.45) is 1.54. The van der Waals surface area contributed by atoms with Crippen molar-refractivity contribution < 1.29 is 4.79 Å². The van der Waals surface area contributed by atoms with Crippen molar-refractivity contribution in [1.82, 2.24) is 9.78 Å². The Morgan fingerprint density at radius 3 is 2.85 bits per heavy atom. The molecule has 0 aliphatic heterocycles. The first-order valence-electron chi connectivity index (χ1n) is 5.84. The highest BCUT2D eigenvalue weighted by Crippen LogP contribution is 2.24. The maximum absolute atomic E-state index is 11.9. The van der Waals surface area contributed by atoms with Gasteiger partial charge in [0.15, 0.2) is 0 Å². The zero-order valence-electron chi connectivity index (χ0n) is 10.8. The average molecular weight is 337 g/mol. The summed E-state index contributed by atoms with van der Waals surface area (Å²) in [7, 11) is 0. The van der Waals surface area contributed by atoms with Crippen LogP contribution in [0.2, 0.25) is 0 Å². The summed E-state index contributed by atoms with van der Waals surface area (Å²) in [5.74, 6) is -0.339. The van der Waals surface area contributed by atoms with Gasteiger partial charge in [-0.1, -0.05) is 0 Å². The molecule has 1 amide bonds. The SMILES string of the molecule is Cc1cnn(CC(=O)Nc2ccc(N)cc2Br)c(=O)c1. The molecule has 0 fully saturated rings. The Hall–Kier alpha value is -2.15. The number of aryl methyl sites for hydroxylation is 1. The predicted molar refractivity (Wildman–Crippen MR) is 80.4 cm³/mol. The maximum Gasteiger partial charge on any atom is 0.267 e. The van der Waals surface area contributed by atoms with Crippen molar-refractivity contribution in [1.29, 1.82) is 0 Å². The van der Waals surface area contributed by atoms with Crippen LogP contribution in [0.15, 0.2) is 39.7 Å². The van der Waals surface area contributed by atoms with Crippen LogP contribution in [0.5, 0.6) is 0 Å². The van der Waals surface area contributed by atoms with Gasteiger partial charge in [-0.2, -0.15) is 5.10 Å². The highest BCUT2D eigenvalue weighted by atomic mass is 79.9. The number of aromatic nitrogens is 2. The van der Waals surface area contributed by atoms with Gasteiger partial charge < -0.3 is 11.1 Å². The number of nitrogen functional groups attached to an aromatic ring is 1. The lowest BCUT2D eigenvalue weighted by Crippen LogP contribution is -2.29. The molecule has 2 rings (SSSR count). The molecule has 2 aromatic rings. The number of rotatable bonds is 3. The van der Waals surface area contributed by atoms with Crippen LogP contribution in [0.4, 0.5) is 11.4 Å². The highest BCUT2D eigenvalue weighted by Gasteiger charge is 2.08. The molecule has 0 saturated heterocycles. The largest absolute Gasteiger partial charge is 0.399 e. The normalized spacial score (nSPS) is 10.3. The van der Waals surface area contributed by atoms with Gasteiger partial charge in [0.1, 0.15) is 6.54 Å². The van der Waals surface area contributed by atoms with Gasteiger partial charge in [0.2, 0.25) is 5.91 Å². The Labute approximate surface area is 123 Å². The van der Waals surface area contributed by atoms with Gasteiger partial charge >= 0.3 is 0 Å². The number of amides is 1. The molecule has 1 aromatic heterocycles. The molecule has 0 aliphatic carbocycles. The monoisotopic (exact) mass is 336 g/mol. The summed E-state index contributed by atoms with van der Waals surface area (Å²) in [6.45, 7) is 1.63. The molecule has 0 aliphatic rings. The molecule has 0 spiro atoms. The van der Waals surface area contributed by atoms with Gasteiger partial charge in [0.25, 0.3) is 5.56 Å². The number of carbonyl (C=O) groups excluding carboxylic acids is 1. The van der Waals surface area contributed by atoms with Crippen LogP contribution < -0.4 is 16.6 Å². The molecular formula is C13H13BrN4O2. The van der Waals surface area contributed by atoms with Gasteiger partial charge in [-0.3, -0.25) is 9.59 Å². The van der Waals surface area contributed by atoms with E-state index in [2.05, 4.69) is 26.3 Å². The lowest BCUT2D eigenvalue weighted by Gasteiger charge is -2.09. The topological polar surface area (TPSA) is 90.0 Å². The zero-order chi connectivity index (χ0) is 14.7. The van der Waals surface area contributed by atoms with Crippen LogP contribution in [0.3, 0.4) is 0 Å². The molecule has 0 radical (unpaired) electrons. The lowest BCUT2D eigenvalue weighted by atomic mass is 10.3. The minimum atomic E-state index is -0.339. The first kappa shape index (κ1) is 14.3. The van der Waals surface area contributed by atoms with Crippen LogP contribution in [-0.4, -0.2) is 15.7 Å². The Balaban J connectivity index is 2.11. The molecule has 104 valence electrons. The fourth-order valence-electron chi connectivity index (χ4n) is 1.60. The first-order chi connectivity index (χ1) is 9.45. The van der Waals surface area contributed by atoms with Gasteiger partial charge in [0.05, 0.1) is 11.9 Å². The standard InChI is InChI=1S/C13H13BrN4O2/c1-8-4-13(20)18(16-6-8)7-12(19)17-11-3-2-9(15)5-10(11)14/h2-6H,7,15H2,1H3,(H,17,19). The van der Waals surface area contributed by atoms with Crippen molar-refractivity contribution in [3.8, 4) is 0 Å². The highest BCUT2D eigenvalue weighted by molar-refractivity contribution is 9.10. The molecule has 0 saturated carbocycles. The second-order valence-electron chi connectivity index (χ2n) is 4.32. The Kier molecular flexibility index (Phi) is 4.19. The van der Waals surface area contributed by atoms with E-state index in [1.807, 2.05) is 0 Å². The van der Waals surface area contributed by atoms with E-state index in [4.69, 9.17) is 5.73 Å². The van der Waals surface area contributed by atoms with E-state index in [1.165, 1.54) is 12.3 Å². The summed E-state index contributed by atoms with van der Waals surface area (Å²) >= 11 is 3.31. The second kappa shape index (κ2) is 5.87. The number of hydrogen-bond acceptors (Lipinski definition) is 4. The van der Waals surface area contributed by atoms with Crippen LogP contribution >= 0.6 is 15.9 Å². The quantitative estimate of drug-likeness (QED) is 0.832. The molecule has 3 N–H and O–H groups in total. The van der Waals surface area contributed by atoms with E-state index >= 15 is 0 Å². The van der Waals surface area contributed by atoms with E-state index in [-0.39, 0.29) is 18.0 Å². The molecule has 1 heterocycles. The van der Waals surface area contributed by atoms with Crippen molar-refractivity contribution in [2.75, 3.05) is 11.1 Å². The van der Waals surface area contributed by atoms with E-state index in [1.54, 1.807) is 25.1 Å². The lowest BCUT2D eigenvalue weighted by molar-refractivity contribution is -0.117. The van der Waals surface area contributed by atoms with E-state index in [0.717, 1.165) is 10.2 Å². The number of benzene rings is 1. The number of carbonyl (C=O) groups is 1. The summed E-state index contributed by atoms with van der Waals surface area (Å²) in [5.41, 5.74) is 7.24. The molecule has 1 aromatic carbocycles. The number of hydrogen-bond donors (Lipinski definition) is 2. The van der Waals surface area contributed by atoms with Gasteiger partial charge in [-0.25, -0.2) is 4.68 Å². The summed E-state index contributed by atoms with van der Waals surface area (Å²) in [4.78, 5) is 23.5. The van der Waals surface area contributed by atoms with Crippen LogP contribution in [0.25, 0.3) is 0 Å². The number of nitrogens with one attached hydrogen (secondary N) is 1. The Bertz CT molecular complexity index is 712. The van der Waals surface area contributed by atoms with Crippen molar-refractivity contribution >= 4 is 33.2 Å². The molecule has 0 atom stereocenters. The third-order valence-electron chi connectivity index (χ3n) is 2.57. The number of anilines is 2. The predicted octanol–water partition coefficient (Wildman–Crippen LogP) is 1.54. The van der Waals surface area contributed by atoms with Gasteiger partial charge in [0, 0.05) is 16.2 Å². The minimum Gasteiger partial charge on any atom is -0.399 e. The molecular weight excluding hydrogens is 324 g/mol. The second-order valence-corrected chi connectivity index (χ2v) is 5.17. The van der Waals surface area contributed by atoms with Gasteiger partial charge in [-0.15, -0.1) is 0 Å². The fraction of sp³-hybridized carbons (Fsp3) is 0.154. The minimum absolute atomic E-state index is 0.143. The third kappa shape index (κ3) is 3.45. The summed E-state index contributed by atoms with van der Waals surface area (Å²) < 4.78 is 1.78. The smallest absolute Gasteiger partial charge is 0.267 e. The molecule has 0 unspecified atom stereocenters. The third-order valence-corrected chi connectivity index (χ3v) is 3.22. The van der Waals surface area contributed by atoms with Crippen LogP contribution in [0, 0.1) is 6.92 Å². The molecule has 20 heavy (non-hydrogen) atoms. The van der Waals surface area contributed by atoms with Crippen LogP contribution in [0.1, 0.15) is 5.56 Å². The fourth-order valence-corrected chi connectivity index (χ4v) is 2.10. The van der Waals surface area contributed by atoms with E-state index in [0.29, 0.717) is 15.8 Å². The van der Waals surface area contributed by atoms with Crippen molar-refractivity contribution in [3.05, 3.63) is 50.9 Å². The van der Waals surface area contributed by atoms with Crippen molar-refractivity contribution in [2.24, 2.45) is 0 Å².